The summed E-state index contributed by atoms with van der Waals surface area (Å²) in [4.78, 5) is 12.6. The van der Waals surface area contributed by atoms with Gasteiger partial charge in [-0.3, -0.25) is 9.13 Å². The van der Waals surface area contributed by atoms with Gasteiger partial charge >= 0.3 is 5.69 Å². The van der Waals surface area contributed by atoms with E-state index in [2.05, 4.69) is 42.1 Å². The molecule has 3 aromatic rings. The summed E-state index contributed by atoms with van der Waals surface area (Å²) in [7, 11) is 1.99. The molecule has 0 aliphatic heterocycles. The Labute approximate surface area is 165 Å². The van der Waals surface area contributed by atoms with Crippen LogP contribution in [0.3, 0.4) is 0 Å². The van der Waals surface area contributed by atoms with Crippen molar-refractivity contribution in [2.75, 3.05) is 0 Å². The Bertz CT molecular complexity index is 1020. The highest BCUT2D eigenvalue weighted by atomic mass is 16.1. The molecule has 1 unspecified atom stereocenters. The van der Waals surface area contributed by atoms with E-state index >= 15 is 0 Å². The topological polar surface area (TPSA) is 57.6 Å². The lowest BCUT2D eigenvalue weighted by molar-refractivity contribution is 0.274. The van der Waals surface area contributed by atoms with Crippen molar-refractivity contribution in [3.05, 3.63) is 84.1 Å². The predicted molar refractivity (Wildman–Crippen MR) is 113 cm³/mol. The number of hydrogen-bond acceptors (Lipinski definition) is 3. The number of aromatic nitrogens is 5. The molecular formula is C22H27N5O. The zero-order chi connectivity index (χ0) is 20.3. The van der Waals surface area contributed by atoms with Crippen LogP contribution in [0, 0.1) is 12.8 Å². The maximum Gasteiger partial charge on any atom is 0.337 e. The van der Waals surface area contributed by atoms with Gasteiger partial charge in [-0.15, -0.1) is 23.4 Å². The first kappa shape index (κ1) is 19.6. The van der Waals surface area contributed by atoms with Crippen LogP contribution in [0.1, 0.15) is 42.3 Å². The van der Waals surface area contributed by atoms with Crippen molar-refractivity contribution in [3.8, 4) is 5.69 Å². The van der Waals surface area contributed by atoms with Gasteiger partial charge in [0.15, 0.2) is 0 Å². The molecule has 1 aromatic carbocycles. The fourth-order valence-electron chi connectivity index (χ4n) is 3.83. The Morgan fingerprint density at radius 2 is 2.04 bits per heavy atom. The van der Waals surface area contributed by atoms with Gasteiger partial charge in [0.2, 0.25) is 0 Å². The highest BCUT2D eigenvalue weighted by Gasteiger charge is 2.32. The fraction of sp³-hybridized carbons (Fsp3) is 0.318. The van der Waals surface area contributed by atoms with Crippen molar-refractivity contribution >= 4 is 6.20 Å². The summed E-state index contributed by atoms with van der Waals surface area (Å²) in [6.07, 6.45) is 8.82. The first-order valence-electron chi connectivity index (χ1n) is 9.47. The van der Waals surface area contributed by atoms with Gasteiger partial charge in [-0.1, -0.05) is 25.1 Å². The molecule has 6 nitrogen and oxygen atoms in total. The molecule has 0 radical (unpaired) electrons. The molecule has 1 fully saturated rings. The number of aryl methyl sites for hydroxylation is 2. The van der Waals surface area contributed by atoms with Gasteiger partial charge in [-0.05, 0) is 43.4 Å². The standard InChI is InChI=1S/C20H23N5O.C2H4/c1-4-24-14(2)12-25(20(24)26)17-10-6-9-16(11-17)18(15-7-5-8-15)19-22-21-13-23(19)3;1-2/h4,6,9-13,15,18H,1,5,7-8H2,2-3H3;1-2H2. The Kier molecular flexibility index (Phi) is 5.78. The second kappa shape index (κ2) is 8.25. The molecule has 2 aromatic heterocycles. The molecule has 0 saturated heterocycles. The summed E-state index contributed by atoms with van der Waals surface area (Å²) in [5.74, 6) is 1.76. The van der Waals surface area contributed by atoms with Gasteiger partial charge in [0.25, 0.3) is 0 Å². The third-order valence-corrected chi connectivity index (χ3v) is 5.44. The van der Waals surface area contributed by atoms with Crippen LogP contribution in [0.15, 0.2) is 61.3 Å². The van der Waals surface area contributed by atoms with Crippen LogP contribution in [0.4, 0.5) is 0 Å². The van der Waals surface area contributed by atoms with Crippen LogP contribution < -0.4 is 5.69 Å². The molecule has 4 rings (SSSR count). The number of hydrogen-bond donors (Lipinski definition) is 0. The normalized spacial score (nSPS) is 14.6. The van der Waals surface area contributed by atoms with E-state index < -0.39 is 0 Å². The smallest absolute Gasteiger partial charge is 0.320 e. The Morgan fingerprint density at radius 1 is 1.29 bits per heavy atom. The van der Waals surface area contributed by atoms with Crippen molar-refractivity contribution in [2.45, 2.75) is 32.1 Å². The van der Waals surface area contributed by atoms with Crippen molar-refractivity contribution in [1.82, 2.24) is 23.9 Å². The molecule has 0 amide bonds. The number of benzene rings is 1. The molecule has 1 atom stereocenters. The number of nitrogens with zero attached hydrogens (tertiary/aromatic N) is 5. The van der Waals surface area contributed by atoms with E-state index in [0.29, 0.717) is 5.92 Å². The SMILES string of the molecule is C=C.C=Cn1c(C)cn(-c2cccc(C(c3nncn3C)C3CCC3)c2)c1=O. The predicted octanol–water partition coefficient (Wildman–Crippen LogP) is 3.91. The Morgan fingerprint density at radius 3 is 2.57 bits per heavy atom. The Balaban J connectivity index is 0.00000109. The molecule has 1 aliphatic carbocycles. The molecule has 28 heavy (non-hydrogen) atoms. The number of imidazole rings is 1. The lowest BCUT2D eigenvalue weighted by Crippen LogP contribution is -2.24. The summed E-state index contributed by atoms with van der Waals surface area (Å²) < 4.78 is 5.23. The molecule has 146 valence electrons. The van der Waals surface area contributed by atoms with Gasteiger partial charge in [-0.2, -0.15) is 0 Å². The molecule has 0 spiro atoms. The van der Waals surface area contributed by atoms with Crippen LogP contribution in [0.2, 0.25) is 0 Å². The maximum atomic E-state index is 12.6. The van der Waals surface area contributed by atoms with E-state index in [1.807, 2.05) is 36.9 Å². The summed E-state index contributed by atoms with van der Waals surface area (Å²) in [5.41, 5.74) is 2.80. The zero-order valence-electron chi connectivity index (χ0n) is 16.6. The molecule has 0 N–H and O–H groups in total. The first-order valence-corrected chi connectivity index (χ1v) is 9.47. The summed E-state index contributed by atoms with van der Waals surface area (Å²) >= 11 is 0. The largest absolute Gasteiger partial charge is 0.337 e. The summed E-state index contributed by atoms with van der Waals surface area (Å²) in [6.45, 7) is 11.6. The van der Waals surface area contributed by atoms with Crippen molar-refractivity contribution in [3.63, 3.8) is 0 Å². The number of rotatable bonds is 5. The van der Waals surface area contributed by atoms with Crippen LogP contribution in [-0.2, 0) is 7.05 Å². The third kappa shape index (κ3) is 3.38. The van der Waals surface area contributed by atoms with Crippen LogP contribution in [0.5, 0.6) is 0 Å². The fourth-order valence-corrected chi connectivity index (χ4v) is 3.83. The van der Waals surface area contributed by atoms with Gasteiger partial charge in [0, 0.05) is 31.1 Å². The first-order chi connectivity index (χ1) is 13.6. The average molecular weight is 377 g/mol. The van der Waals surface area contributed by atoms with Gasteiger partial charge in [-0.25, -0.2) is 4.79 Å². The van der Waals surface area contributed by atoms with Crippen LogP contribution in [0.25, 0.3) is 11.9 Å². The van der Waals surface area contributed by atoms with Crippen molar-refractivity contribution < 1.29 is 0 Å². The van der Waals surface area contributed by atoms with E-state index in [9.17, 15) is 4.79 Å². The molecule has 1 saturated carbocycles. The van der Waals surface area contributed by atoms with E-state index in [1.165, 1.54) is 24.8 Å². The van der Waals surface area contributed by atoms with Crippen molar-refractivity contribution in [1.29, 1.82) is 0 Å². The van der Waals surface area contributed by atoms with Crippen LogP contribution >= 0.6 is 0 Å². The lowest BCUT2D eigenvalue weighted by atomic mass is 9.72. The van der Waals surface area contributed by atoms with E-state index in [1.54, 1.807) is 21.7 Å². The summed E-state index contributed by atoms with van der Waals surface area (Å²) in [5, 5.41) is 8.45. The van der Waals surface area contributed by atoms with Crippen molar-refractivity contribution in [2.24, 2.45) is 13.0 Å². The highest BCUT2D eigenvalue weighted by molar-refractivity contribution is 5.41. The maximum absolute atomic E-state index is 12.6. The van der Waals surface area contributed by atoms with Crippen LogP contribution in [-0.4, -0.2) is 23.9 Å². The lowest BCUT2D eigenvalue weighted by Gasteiger charge is -2.33. The highest BCUT2D eigenvalue weighted by Crippen LogP contribution is 2.42. The monoisotopic (exact) mass is 377 g/mol. The second-order valence-corrected chi connectivity index (χ2v) is 7.04. The Hall–Kier alpha value is -3.15. The zero-order valence-corrected chi connectivity index (χ0v) is 16.6. The van der Waals surface area contributed by atoms with E-state index in [0.717, 1.165) is 17.2 Å². The molecule has 2 heterocycles. The van der Waals surface area contributed by atoms with Gasteiger partial charge < -0.3 is 4.57 Å². The van der Waals surface area contributed by atoms with Gasteiger partial charge in [0.1, 0.15) is 12.2 Å². The van der Waals surface area contributed by atoms with E-state index in [4.69, 9.17) is 0 Å². The third-order valence-electron chi connectivity index (χ3n) is 5.44. The minimum atomic E-state index is -0.103. The van der Waals surface area contributed by atoms with E-state index in [-0.39, 0.29) is 11.6 Å². The quantitative estimate of drug-likeness (QED) is 0.634. The van der Waals surface area contributed by atoms with Gasteiger partial charge in [0.05, 0.1) is 5.69 Å². The average Bonchev–Trinajstić information content (AvgIpc) is 3.22. The second-order valence-electron chi connectivity index (χ2n) is 7.04. The molecule has 6 heteroatoms. The molecular weight excluding hydrogens is 350 g/mol. The minimum Gasteiger partial charge on any atom is -0.320 e. The minimum absolute atomic E-state index is 0.103. The summed E-state index contributed by atoms with van der Waals surface area (Å²) in [6, 6.07) is 8.21. The molecule has 1 aliphatic rings. The molecule has 0 bridgehead atoms.